The Balaban J connectivity index is 1.65. The van der Waals surface area contributed by atoms with Crippen LogP contribution in [0.5, 0.6) is 0 Å². The summed E-state index contributed by atoms with van der Waals surface area (Å²) in [7, 11) is 0. The number of hydrogen-bond donors (Lipinski definition) is 1. The molecule has 0 aliphatic heterocycles. The molecule has 0 radical (unpaired) electrons. The average molecular weight is 332 g/mol. The van der Waals surface area contributed by atoms with Gasteiger partial charge in [-0.15, -0.1) is 0 Å². The molecule has 2 heterocycles. The topological polar surface area (TPSA) is 68.3 Å². The van der Waals surface area contributed by atoms with Crippen LogP contribution in [0.3, 0.4) is 0 Å². The molecule has 5 nitrogen and oxygen atoms in total. The Morgan fingerprint density at radius 2 is 1.92 bits per heavy atom. The second-order valence-corrected chi connectivity index (χ2v) is 5.82. The molecule has 5 heteroatoms. The van der Waals surface area contributed by atoms with E-state index in [0.29, 0.717) is 17.1 Å². The lowest BCUT2D eigenvalue weighted by Gasteiger charge is -2.11. The maximum atomic E-state index is 12.6. The molecule has 1 amide bonds. The van der Waals surface area contributed by atoms with Gasteiger partial charge in [-0.05, 0) is 37.3 Å². The van der Waals surface area contributed by atoms with E-state index in [0.717, 1.165) is 16.5 Å². The summed E-state index contributed by atoms with van der Waals surface area (Å²) in [4.78, 5) is 12.6. The summed E-state index contributed by atoms with van der Waals surface area (Å²) in [5, 5.41) is 7.82. The molecule has 0 spiro atoms. The molecule has 1 atom stereocenters. The number of fused-ring (bicyclic) bond motifs is 1. The lowest BCUT2D eigenvalue weighted by molar-refractivity contribution is 0.0935. The normalized spacial score (nSPS) is 12.2. The van der Waals surface area contributed by atoms with Crippen LogP contribution in [0.4, 0.5) is 0 Å². The molecule has 1 N–H and O–H groups in total. The molecule has 2 aromatic heterocycles. The number of nitrogens with zero attached hydrogens (tertiary/aromatic N) is 1. The lowest BCUT2D eigenvalue weighted by Crippen LogP contribution is -2.26. The summed E-state index contributed by atoms with van der Waals surface area (Å²) in [6.07, 6.45) is 1.59. The third kappa shape index (κ3) is 2.92. The van der Waals surface area contributed by atoms with Gasteiger partial charge in [0.05, 0.1) is 17.7 Å². The fourth-order valence-electron chi connectivity index (χ4n) is 2.77. The number of benzene rings is 2. The fourth-order valence-corrected chi connectivity index (χ4v) is 2.77. The number of carbonyl (C=O) groups excluding carboxylic acids is 1. The highest BCUT2D eigenvalue weighted by molar-refractivity contribution is 6.01. The van der Waals surface area contributed by atoms with Crippen LogP contribution in [-0.2, 0) is 0 Å². The van der Waals surface area contributed by atoms with Crippen molar-refractivity contribution in [3.05, 3.63) is 78.3 Å². The Hall–Kier alpha value is -3.34. The minimum absolute atomic E-state index is 0.175. The number of rotatable bonds is 4. The molecule has 0 saturated heterocycles. The number of aromatic nitrogens is 1. The van der Waals surface area contributed by atoms with Crippen LogP contribution in [0.2, 0.25) is 0 Å². The van der Waals surface area contributed by atoms with Crippen molar-refractivity contribution in [2.45, 2.75) is 13.0 Å². The first kappa shape index (κ1) is 15.2. The van der Waals surface area contributed by atoms with E-state index in [2.05, 4.69) is 10.5 Å². The molecular formula is C20H16N2O3. The van der Waals surface area contributed by atoms with Gasteiger partial charge in [-0.3, -0.25) is 4.79 Å². The van der Waals surface area contributed by atoms with Crippen LogP contribution in [0.25, 0.3) is 22.2 Å². The van der Waals surface area contributed by atoms with Gasteiger partial charge in [-0.1, -0.05) is 35.5 Å². The van der Waals surface area contributed by atoms with Crippen LogP contribution in [0, 0.1) is 0 Å². The molecule has 0 aliphatic rings. The summed E-state index contributed by atoms with van der Waals surface area (Å²) >= 11 is 0. The summed E-state index contributed by atoms with van der Waals surface area (Å²) < 4.78 is 10.8. The average Bonchev–Trinajstić information content (AvgIpc) is 3.31. The van der Waals surface area contributed by atoms with E-state index >= 15 is 0 Å². The van der Waals surface area contributed by atoms with Crippen molar-refractivity contribution in [3.63, 3.8) is 0 Å². The van der Waals surface area contributed by atoms with E-state index in [1.807, 2.05) is 43.3 Å². The van der Waals surface area contributed by atoms with Gasteiger partial charge in [0.1, 0.15) is 11.3 Å². The zero-order chi connectivity index (χ0) is 17.2. The van der Waals surface area contributed by atoms with Gasteiger partial charge in [-0.25, -0.2) is 0 Å². The number of carbonyl (C=O) groups is 1. The van der Waals surface area contributed by atoms with Crippen LogP contribution in [0.15, 0.2) is 75.9 Å². The number of nitrogens with one attached hydrogen (secondary N) is 1. The van der Waals surface area contributed by atoms with Crippen molar-refractivity contribution in [1.82, 2.24) is 10.5 Å². The molecule has 0 saturated carbocycles. The minimum Gasteiger partial charge on any atom is -0.467 e. The monoisotopic (exact) mass is 332 g/mol. The number of hydrogen-bond acceptors (Lipinski definition) is 4. The molecule has 0 unspecified atom stereocenters. The van der Waals surface area contributed by atoms with Gasteiger partial charge in [0.25, 0.3) is 5.91 Å². The molecule has 124 valence electrons. The summed E-state index contributed by atoms with van der Waals surface area (Å²) in [6.45, 7) is 1.88. The Kier molecular flexibility index (Phi) is 3.82. The van der Waals surface area contributed by atoms with E-state index in [1.165, 1.54) is 0 Å². The predicted octanol–water partition coefficient (Wildman–Crippen LogP) is 4.58. The summed E-state index contributed by atoms with van der Waals surface area (Å²) in [6, 6.07) is 18.5. The van der Waals surface area contributed by atoms with Gasteiger partial charge in [0.2, 0.25) is 0 Å². The largest absolute Gasteiger partial charge is 0.467 e. The molecule has 4 aromatic rings. The van der Waals surface area contributed by atoms with E-state index < -0.39 is 0 Å². The first-order chi connectivity index (χ1) is 12.2. The van der Waals surface area contributed by atoms with Crippen LogP contribution < -0.4 is 5.32 Å². The summed E-state index contributed by atoms with van der Waals surface area (Å²) in [5.74, 6) is 1.19. The highest BCUT2D eigenvalue weighted by Crippen LogP contribution is 2.29. The molecule has 0 fully saturated rings. The lowest BCUT2D eigenvalue weighted by atomic mass is 10.1. The van der Waals surface area contributed by atoms with Crippen molar-refractivity contribution >= 4 is 16.8 Å². The van der Waals surface area contributed by atoms with Crippen LogP contribution >= 0.6 is 0 Å². The van der Waals surface area contributed by atoms with Gasteiger partial charge < -0.3 is 14.3 Å². The SMILES string of the molecule is C[C@@H](NC(=O)c1ccc2noc(-c3ccccc3)c2c1)c1ccco1. The van der Waals surface area contributed by atoms with E-state index in [4.69, 9.17) is 8.94 Å². The number of furan rings is 1. The van der Waals surface area contributed by atoms with Crippen LogP contribution in [-0.4, -0.2) is 11.1 Å². The second-order valence-electron chi connectivity index (χ2n) is 5.82. The third-order valence-corrected chi connectivity index (χ3v) is 4.09. The maximum absolute atomic E-state index is 12.6. The van der Waals surface area contributed by atoms with E-state index in [-0.39, 0.29) is 11.9 Å². The zero-order valence-electron chi connectivity index (χ0n) is 13.6. The highest BCUT2D eigenvalue weighted by Gasteiger charge is 2.16. The standard InChI is InChI=1S/C20H16N2O3/c1-13(18-8-5-11-24-18)21-20(23)15-9-10-17-16(12-15)19(25-22-17)14-6-3-2-4-7-14/h2-13H,1H3,(H,21,23)/t13-/m1/s1. The van der Waals surface area contributed by atoms with Gasteiger partial charge in [0, 0.05) is 11.1 Å². The van der Waals surface area contributed by atoms with Crippen molar-refractivity contribution in [1.29, 1.82) is 0 Å². The Morgan fingerprint density at radius 1 is 1.08 bits per heavy atom. The third-order valence-electron chi connectivity index (χ3n) is 4.09. The molecule has 25 heavy (non-hydrogen) atoms. The predicted molar refractivity (Wildman–Crippen MR) is 94.0 cm³/mol. The van der Waals surface area contributed by atoms with Gasteiger partial charge in [-0.2, -0.15) is 0 Å². The smallest absolute Gasteiger partial charge is 0.251 e. The van der Waals surface area contributed by atoms with Gasteiger partial charge in [0.15, 0.2) is 5.76 Å². The fraction of sp³-hybridized carbons (Fsp3) is 0.100. The Labute approximate surface area is 144 Å². The number of amides is 1. The molecule has 2 aromatic carbocycles. The van der Waals surface area contributed by atoms with Crippen LogP contribution in [0.1, 0.15) is 29.1 Å². The first-order valence-electron chi connectivity index (χ1n) is 8.01. The highest BCUT2D eigenvalue weighted by atomic mass is 16.5. The second kappa shape index (κ2) is 6.28. The zero-order valence-corrected chi connectivity index (χ0v) is 13.6. The van der Waals surface area contributed by atoms with Crippen molar-refractivity contribution < 1.29 is 13.7 Å². The van der Waals surface area contributed by atoms with Crippen molar-refractivity contribution in [3.8, 4) is 11.3 Å². The van der Waals surface area contributed by atoms with Gasteiger partial charge >= 0.3 is 0 Å². The van der Waals surface area contributed by atoms with Crippen molar-refractivity contribution in [2.75, 3.05) is 0 Å². The quantitative estimate of drug-likeness (QED) is 0.594. The van der Waals surface area contributed by atoms with E-state index in [1.54, 1.807) is 30.5 Å². The molecule has 0 aliphatic carbocycles. The Morgan fingerprint density at radius 3 is 2.68 bits per heavy atom. The Bertz CT molecular complexity index is 1000. The summed E-state index contributed by atoms with van der Waals surface area (Å²) in [5.41, 5.74) is 2.19. The maximum Gasteiger partial charge on any atom is 0.251 e. The molecular weight excluding hydrogens is 316 g/mol. The first-order valence-corrected chi connectivity index (χ1v) is 8.01. The minimum atomic E-state index is -0.214. The molecule has 0 bridgehead atoms. The van der Waals surface area contributed by atoms with E-state index in [9.17, 15) is 4.79 Å². The van der Waals surface area contributed by atoms with Crippen molar-refractivity contribution in [2.24, 2.45) is 0 Å². The molecule has 4 rings (SSSR count).